The quantitative estimate of drug-likeness (QED) is 0.646. The van der Waals surface area contributed by atoms with Crippen molar-refractivity contribution in [2.24, 2.45) is 0 Å². The zero-order chi connectivity index (χ0) is 14.9. The SMILES string of the molecule is O=C(NCCSCc1cccs1)NC[C@H](O)c1ccsc1. The lowest BCUT2D eigenvalue weighted by molar-refractivity contribution is 0.173. The first kappa shape index (κ1) is 16.4. The molecule has 0 aliphatic carbocycles. The van der Waals surface area contributed by atoms with Gasteiger partial charge in [-0.15, -0.1) is 11.3 Å². The van der Waals surface area contributed by atoms with Crippen LogP contribution in [0.4, 0.5) is 4.79 Å². The van der Waals surface area contributed by atoms with Crippen LogP contribution in [0.5, 0.6) is 0 Å². The minimum Gasteiger partial charge on any atom is -0.387 e. The van der Waals surface area contributed by atoms with Gasteiger partial charge >= 0.3 is 6.03 Å². The zero-order valence-corrected chi connectivity index (χ0v) is 13.9. The van der Waals surface area contributed by atoms with Crippen molar-refractivity contribution in [1.82, 2.24) is 10.6 Å². The van der Waals surface area contributed by atoms with Crippen LogP contribution in [0.3, 0.4) is 0 Å². The van der Waals surface area contributed by atoms with Crippen LogP contribution in [0.15, 0.2) is 34.3 Å². The first-order valence-corrected chi connectivity index (χ1v) is 9.55. The maximum absolute atomic E-state index is 11.6. The second-order valence-electron chi connectivity index (χ2n) is 4.34. The monoisotopic (exact) mass is 342 g/mol. The van der Waals surface area contributed by atoms with Gasteiger partial charge in [0.2, 0.25) is 0 Å². The number of thioether (sulfide) groups is 1. The number of thiophene rings is 2. The van der Waals surface area contributed by atoms with Gasteiger partial charge in [-0.2, -0.15) is 23.1 Å². The van der Waals surface area contributed by atoms with Crippen LogP contribution in [0.2, 0.25) is 0 Å². The van der Waals surface area contributed by atoms with Crippen molar-refractivity contribution in [3.8, 4) is 0 Å². The highest BCUT2D eigenvalue weighted by atomic mass is 32.2. The number of amides is 2. The van der Waals surface area contributed by atoms with Crippen molar-refractivity contribution in [1.29, 1.82) is 0 Å². The molecule has 0 radical (unpaired) electrons. The molecule has 0 fully saturated rings. The molecule has 0 saturated heterocycles. The molecule has 4 nitrogen and oxygen atoms in total. The molecular formula is C14H18N2O2S3. The molecule has 0 aromatic carbocycles. The van der Waals surface area contributed by atoms with Crippen molar-refractivity contribution < 1.29 is 9.90 Å². The molecule has 0 spiro atoms. The highest BCUT2D eigenvalue weighted by molar-refractivity contribution is 7.98. The fraction of sp³-hybridized carbons (Fsp3) is 0.357. The molecule has 2 aromatic heterocycles. The number of aliphatic hydroxyl groups is 1. The summed E-state index contributed by atoms with van der Waals surface area (Å²) in [6, 6.07) is 5.78. The predicted octanol–water partition coefficient (Wildman–Crippen LogP) is 3.08. The van der Waals surface area contributed by atoms with Gasteiger partial charge in [0.1, 0.15) is 0 Å². The molecule has 2 heterocycles. The van der Waals surface area contributed by atoms with E-state index in [-0.39, 0.29) is 12.6 Å². The van der Waals surface area contributed by atoms with Crippen molar-refractivity contribution in [2.45, 2.75) is 11.9 Å². The van der Waals surface area contributed by atoms with Crippen LogP contribution in [0.25, 0.3) is 0 Å². The normalized spacial score (nSPS) is 12.0. The Balaban J connectivity index is 1.51. The molecule has 2 rings (SSSR count). The average Bonchev–Trinajstić information content (AvgIpc) is 3.17. The summed E-state index contributed by atoms with van der Waals surface area (Å²) in [4.78, 5) is 12.9. The number of carbonyl (C=O) groups excluding carboxylic acids is 1. The maximum atomic E-state index is 11.6. The molecule has 2 amide bonds. The van der Waals surface area contributed by atoms with Crippen molar-refractivity contribution in [2.75, 3.05) is 18.8 Å². The van der Waals surface area contributed by atoms with Crippen LogP contribution in [0, 0.1) is 0 Å². The fourth-order valence-electron chi connectivity index (χ4n) is 1.64. The van der Waals surface area contributed by atoms with Gasteiger partial charge in [-0.3, -0.25) is 0 Å². The van der Waals surface area contributed by atoms with Gasteiger partial charge < -0.3 is 15.7 Å². The lowest BCUT2D eigenvalue weighted by Crippen LogP contribution is -2.38. The number of nitrogens with one attached hydrogen (secondary N) is 2. The summed E-state index contributed by atoms with van der Waals surface area (Å²) in [5.74, 6) is 1.86. The number of carbonyl (C=O) groups is 1. The van der Waals surface area contributed by atoms with E-state index in [1.807, 2.05) is 22.9 Å². The maximum Gasteiger partial charge on any atom is 0.314 e. The van der Waals surface area contributed by atoms with Crippen LogP contribution in [-0.4, -0.2) is 30.0 Å². The highest BCUT2D eigenvalue weighted by Crippen LogP contribution is 2.16. The molecular weight excluding hydrogens is 324 g/mol. The Kier molecular flexibility index (Phi) is 7.08. The van der Waals surface area contributed by atoms with Gasteiger partial charge in [0.15, 0.2) is 0 Å². The number of rotatable bonds is 8. The largest absolute Gasteiger partial charge is 0.387 e. The number of hydrogen-bond donors (Lipinski definition) is 3. The van der Waals surface area contributed by atoms with E-state index in [9.17, 15) is 9.90 Å². The molecule has 0 saturated carbocycles. The fourth-order valence-corrected chi connectivity index (χ4v) is 4.04. The molecule has 21 heavy (non-hydrogen) atoms. The number of urea groups is 1. The number of hydrogen-bond acceptors (Lipinski definition) is 5. The van der Waals surface area contributed by atoms with Gasteiger partial charge in [0, 0.05) is 29.5 Å². The Morgan fingerprint density at radius 2 is 2.24 bits per heavy atom. The topological polar surface area (TPSA) is 61.4 Å². The summed E-state index contributed by atoms with van der Waals surface area (Å²) in [5, 5.41) is 21.2. The van der Waals surface area contributed by atoms with Crippen LogP contribution in [-0.2, 0) is 5.75 Å². The van der Waals surface area contributed by atoms with Gasteiger partial charge in [0.05, 0.1) is 6.10 Å². The van der Waals surface area contributed by atoms with Crippen molar-refractivity contribution in [3.63, 3.8) is 0 Å². The van der Waals surface area contributed by atoms with E-state index in [0.717, 1.165) is 17.1 Å². The minimum absolute atomic E-state index is 0.227. The Labute approximate surface area is 136 Å². The summed E-state index contributed by atoms with van der Waals surface area (Å²) in [7, 11) is 0. The lowest BCUT2D eigenvalue weighted by Gasteiger charge is -2.11. The highest BCUT2D eigenvalue weighted by Gasteiger charge is 2.09. The van der Waals surface area contributed by atoms with E-state index in [1.54, 1.807) is 23.1 Å². The van der Waals surface area contributed by atoms with E-state index in [0.29, 0.717) is 6.54 Å². The Morgan fingerprint density at radius 1 is 1.33 bits per heavy atom. The van der Waals surface area contributed by atoms with Crippen LogP contribution in [0.1, 0.15) is 16.5 Å². The van der Waals surface area contributed by atoms with E-state index in [2.05, 4.69) is 22.1 Å². The van der Waals surface area contributed by atoms with Gasteiger partial charge in [-0.1, -0.05) is 6.07 Å². The number of aliphatic hydroxyl groups excluding tert-OH is 1. The first-order valence-electron chi connectivity index (χ1n) is 6.57. The molecule has 114 valence electrons. The summed E-state index contributed by atoms with van der Waals surface area (Å²) in [6.07, 6.45) is -0.643. The van der Waals surface area contributed by atoms with E-state index in [4.69, 9.17) is 0 Å². The van der Waals surface area contributed by atoms with E-state index < -0.39 is 6.10 Å². The van der Waals surface area contributed by atoms with E-state index in [1.165, 1.54) is 16.2 Å². The summed E-state index contributed by atoms with van der Waals surface area (Å²) in [6.45, 7) is 0.849. The summed E-state index contributed by atoms with van der Waals surface area (Å²) < 4.78 is 0. The van der Waals surface area contributed by atoms with Gasteiger partial charge in [-0.05, 0) is 33.8 Å². The predicted molar refractivity (Wildman–Crippen MR) is 91.2 cm³/mol. The van der Waals surface area contributed by atoms with Crippen molar-refractivity contribution in [3.05, 3.63) is 44.8 Å². The minimum atomic E-state index is -0.643. The third kappa shape index (κ3) is 6.09. The van der Waals surface area contributed by atoms with Crippen molar-refractivity contribution >= 4 is 40.5 Å². The first-order chi connectivity index (χ1) is 10.3. The van der Waals surface area contributed by atoms with E-state index >= 15 is 0 Å². The van der Waals surface area contributed by atoms with Gasteiger partial charge in [-0.25, -0.2) is 4.79 Å². The van der Waals surface area contributed by atoms with Crippen LogP contribution >= 0.6 is 34.4 Å². The second kappa shape index (κ2) is 9.09. The molecule has 3 N–H and O–H groups in total. The zero-order valence-electron chi connectivity index (χ0n) is 11.5. The third-order valence-electron chi connectivity index (χ3n) is 2.74. The Bertz CT molecular complexity index is 514. The smallest absolute Gasteiger partial charge is 0.314 e. The third-order valence-corrected chi connectivity index (χ3v) is 5.51. The molecule has 7 heteroatoms. The lowest BCUT2D eigenvalue weighted by atomic mass is 10.2. The Morgan fingerprint density at radius 3 is 2.95 bits per heavy atom. The van der Waals surface area contributed by atoms with Gasteiger partial charge in [0.25, 0.3) is 0 Å². The molecule has 1 atom stereocenters. The Hall–Kier alpha value is -1.02. The summed E-state index contributed by atoms with van der Waals surface area (Å²) >= 11 is 5.08. The average molecular weight is 343 g/mol. The van der Waals surface area contributed by atoms with Crippen LogP contribution < -0.4 is 10.6 Å². The summed E-state index contributed by atoms with van der Waals surface area (Å²) in [5.41, 5.74) is 0.840. The molecule has 0 aliphatic rings. The standard InChI is InChI=1S/C14H18N2O2S3/c17-13(11-3-6-19-9-11)8-16-14(18)15-4-7-20-10-12-2-1-5-21-12/h1-3,5-6,9,13,17H,4,7-8,10H2,(H2,15,16,18)/t13-/m0/s1. The molecule has 0 aliphatic heterocycles. The molecule has 2 aromatic rings. The second-order valence-corrected chi connectivity index (χ2v) is 7.26. The molecule has 0 bridgehead atoms. The molecule has 0 unspecified atom stereocenters.